The molecule has 0 atom stereocenters. The molecule has 3 heterocycles. The Balaban J connectivity index is 1.22. The number of piperazine rings is 1. The van der Waals surface area contributed by atoms with Crippen LogP contribution in [-0.4, -0.2) is 41.9 Å². The third kappa shape index (κ3) is 4.22. The number of halogens is 1. The molecular weight excluding hydrogens is 427 g/mol. The van der Waals surface area contributed by atoms with Gasteiger partial charge in [0.05, 0.1) is 5.39 Å². The molecule has 5 rings (SSSR count). The first-order chi connectivity index (χ1) is 15.6. The van der Waals surface area contributed by atoms with Gasteiger partial charge in [0.15, 0.2) is 11.2 Å². The summed E-state index contributed by atoms with van der Waals surface area (Å²) in [5, 5.41) is 0.474. The molecular formula is C25H21FN2O3S. The summed E-state index contributed by atoms with van der Waals surface area (Å²) in [6.45, 7) is 3.38. The van der Waals surface area contributed by atoms with Crippen LogP contribution in [0.1, 0.15) is 15.4 Å². The third-order valence-electron chi connectivity index (χ3n) is 5.66. The van der Waals surface area contributed by atoms with Crippen LogP contribution in [0.15, 0.2) is 75.9 Å². The van der Waals surface area contributed by atoms with Crippen molar-refractivity contribution >= 4 is 28.2 Å². The number of hydrogen-bond acceptors (Lipinski definition) is 5. The van der Waals surface area contributed by atoms with E-state index in [1.165, 1.54) is 17.0 Å². The second-order valence-electron chi connectivity index (χ2n) is 7.82. The van der Waals surface area contributed by atoms with E-state index in [9.17, 15) is 14.0 Å². The van der Waals surface area contributed by atoms with Crippen LogP contribution in [0.4, 0.5) is 4.39 Å². The van der Waals surface area contributed by atoms with Gasteiger partial charge in [-0.2, -0.15) is 0 Å². The van der Waals surface area contributed by atoms with Gasteiger partial charge in [-0.05, 0) is 42.0 Å². The zero-order valence-corrected chi connectivity index (χ0v) is 18.1. The maximum Gasteiger partial charge on any atom is 0.289 e. The highest BCUT2D eigenvalue weighted by Gasteiger charge is 2.24. The lowest BCUT2D eigenvalue weighted by Gasteiger charge is -2.34. The van der Waals surface area contributed by atoms with Crippen LogP contribution in [0.5, 0.6) is 0 Å². The van der Waals surface area contributed by atoms with E-state index in [-0.39, 0.29) is 22.9 Å². The summed E-state index contributed by atoms with van der Waals surface area (Å²) in [5.74, 6) is -0.405. The number of thiophene rings is 1. The minimum Gasteiger partial charge on any atom is -0.451 e. The van der Waals surface area contributed by atoms with Crippen LogP contribution < -0.4 is 5.43 Å². The third-order valence-corrected chi connectivity index (χ3v) is 6.77. The fraction of sp³-hybridized carbons (Fsp3) is 0.200. The first-order valence-electron chi connectivity index (χ1n) is 10.5. The fourth-order valence-electron chi connectivity index (χ4n) is 3.95. The molecule has 0 N–H and O–H groups in total. The maximum atomic E-state index is 13.5. The molecule has 2 aromatic heterocycles. The summed E-state index contributed by atoms with van der Waals surface area (Å²) in [7, 11) is 0. The highest BCUT2D eigenvalue weighted by molar-refractivity contribution is 7.15. The Morgan fingerprint density at radius 3 is 2.59 bits per heavy atom. The second-order valence-corrected chi connectivity index (χ2v) is 8.98. The van der Waals surface area contributed by atoms with Gasteiger partial charge in [0, 0.05) is 48.5 Å². The number of carbonyl (C=O) groups excluding carboxylic acids is 1. The summed E-state index contributed by atoms with van der Waals surface area (Å²) >= 11 is 1.66. The molecule has 1 fully saturated rings. The van der Waals surface area contributed by atoms with Gasteiger partial charge in [-0.25, -0.2) is 4.39 Å². The average Bonchev–Trinajstić information content (AvgIpc) is 3.28. The Kier molecular flexibility index (Phi) is 5.59. The SMILES string of the molecule is O=C(c1cc(=O)c2ccccc2o1)N1CCN(Cc2ccc(-c3cccc(F)c3)s2)CC1. The van der Waals surface area contributed by atoms with Crippen molar-refractivity contribution in [3.63, 3.8) is 0 Å². The van der Waals surface area contributed by atoms with E-state index in [0.29, 0.717) is 24.1 Å². The molecule has 5 nitrogen and oxygen atoms in total. The van der Waals surface area contributed by atoms with Crippen LogP contribution in [0.25, 0.3) is 21.4 Å². The zero-order valence-electron chi connectivity index (χ0n) is 17.3. The zero-order chi connectivity index (χ0) is 22.1. The number of hydrogen-bond donors (Lipinski definition) is 0. The number of carbonyl (C=O) groups is 1. The van der Waals surface area contributed by atoms with Crippen LogP contribution in [0, 0.1) is 5.82 Å². The first-order valence-corrected chi connectivity index (χ1v) is 11.3. The smallest absolute Gasteiger partial charge is 0.289 e. The van der Waals surface area contributed by atoms with Crippen molar-refractivity contribution in [2.75, 3.05) is 26.2 Å². The number of rotatable bonds is 4. The van der Waals surface area contributed by atoms with Gasteiger partial charge in [-0.1, -0.05) is 24.3 Å². The number of nitrogens with zero attached hydrogens (tertiary/aromatic N) is 2. The molecule has 4 aromatic rings. The largest absolute Gasteiger partial charge is 0.451 e. The van der Waals surface area contributed by atoms with Crippen molar-refractivity contribution in [1.82, 2.24) is 9.80 Å². The van der Waals surface area contributed by atoms with Crippen molar-refractivity contribution in [3.8, 4) is 10.4 Å². The van der Waals surface area contributed by atoms with E-state index in [1.807, 2.05) is 12.1 Å². The summed E-state index contributed by atoms with van der Waals surface area (Å²) in [6.07, 6.45) is 0. The molecule has 7 heteroatoms. The van der Waals surface area contributed by atoms with E-state index in [4.69, 9.17) is 4.42 Å². The Labute approximate surface area is 188 Å². The Morgan fingerprint density at radius 1 is 0.969 bits per heavy atom. The van der Waals surface area contributed by atoms with Crippen LogP contribution >= 0.6 is 11.3 Å². The highest BCUT2D eigenvalue weighted by atomic mass is 32.1. The number of benzene rings is 2. The summed E-state index contributed by atoms with van der Waals surface area (Å²) in [5.41, 5.74) is 1.10. The predicted molar refractivity (Wildman–Crippen MR) is 123 cm³/mol. The highest BCUT2D eigenvalue weighted by Crippen LogP contribution is 2.29. The van der Waals surface area contributed by atoms with Crippen LogP contribution in [0.3, 0.4) is 0 Å². The average molecular weight is 449 g/mol. The number of fused-ring (bicyclic) bond motifs is 1. The molecule has 0 saturated carbocycles. The first kappa shape index (κ1) is 20.6. The van der Waals surface area contributed by atoms with E-state index in [1.54, 1.807) is 52.6 Å². The summed E-state index contributed by atoms with van der Waals surface area (Å²) in [4.78, 5) is 31.5. The summed E-state index contributed by atoms with van der Waals surface area (Å²) < 4.78 is 19.2. The monoisotopic (exact) mass is 448 g/mol. The van der Waals surface area contributed by atoms with Gasteiger partial charge in [0.1, 0.15) is 11.4 Å². The minimum absolute atomic E-state index is 0.0835. The Hall–Kier alpha value is -3.29. The molecule has 1 amide bonds. The lowest BCUT2D eigenvalue weighted by molar-refractivity contribution is 0.0599. The molecule has 1 saturated heterocycles. The summed E-state index contributed by atoms with van der Waals surface area (Å²) in [6, 6.07) is 19.0. The van der Waals surface area contributed by atoms with Crippen LogP contribution in [-0.2, 0) is 6.54 Å². The fourth-order valence-corrected chi connectivity index (χ4v) is 5.00. The topological polar surface area (TPSA) is 53.8 Å². The Morgan fingerprint density at radius 2 is 1.78 bits per heavy atom. The van der Waals surface area contributed by atoms with Crippen molar-refractivity contribution in [1.29, 1.82) is 0 Å². The number of para-hydroxylation sites is 1. The minimum atomic E-state index is -0.253. The molecule has 32 heavy (non-hydrogen) atoms. The normalized spacial score (nSPS) is 14.7. The van der Waals surface area contributed by atoms with E-state index < -0.39 is 0 Å². The maximum absolute atomic E-state index is 13.5. The molecule has 1 aliphatic rings. The Bertz CT molecular complexity index is 1340. The second kappa shape index (κ2) is 8.68. The molecule has 1 aliphatic heterocycles. The molecule has 0 aliphatic carbocycles. The molecule has 0 spiro atoms. The van der Waals surface area contributed by atoms with E-state index >= 15 is 0 Å². The van der Waals surface area contributed by atoms with Gasteiger partial charge in [-0.15, -0.1) is 11.3 Å². The molecule has 0 radical (unpaired) electrons. The van der Waals surface area contributed by atoms with Gasteiger partial charge in [0.2, 0.25) is 0 Å². The molecule has 162 valence electrons. The molecule has 0 unspecified atom stereocenters. The van der Waals surface area contributed by atoms with Gasteiger partial charge >= 0.3 is 0 Å². The van der Waals surface area contributed by atoms with E-state index in [0.717, 1.165) is 30.1 Å². The van der Waals surface area contributed by atoms with Crippen molar-refractivity contribution in [2.24, 2.45) is 0 Å². The van der Waals surface area contributed by atoms with Crippen LogP contribution in [0.2, 0.25) is 0 Å². The van der Waals surface area contributed by atoms with Crippen molar-refractivity contribution < 1.29 is 13.6 Å². The van der Waals surface area contributed by atoms with Crippen molar-refractivity contribution in [3.05, 3.63) is 93.4 Å². The lowest BCUT2D eigenvalue weighted by Crippen LogP contribution is -2.48. The van der Waals surface area contributed by atoms with Crippen molar-refractivity contribution in [2.45, 2.75) is 6.54 Å². The van der Waals surface area contributed by atoms with E-state index in [2.05, 4.69) is 11.0 Å². The number of amides is 1. The predicted octanol–water partition coefficient (Wildman–Crippen LogP) is 4.62. The lowest BCUT2D eigenvalue weighted by atomic mass is 10.2. The molecule has 0 bridgehead atoms. The van der Waals surface area contributed by atoms with Gasteiger partial charge in [-0.3, -0.25) is 14.5 Å². The quantitative estimate of drug-likeness (QED) is 0.457. The standard InChI is InChI=1S/C25H21FN2O3S/c26-18-5-3-4-17(14-18)24-9-8-19(32-24)16-27-10-12-28(13-11-27)25(30)23-15-21(29)20-6-1-2-7-22(20)31-23/h1-9,14-15H,10-13,16H2. The van der Waals surface area contributed by atoms with Gasteiger partial charge in [0.25, 0.3) is 5.91 Å². The van der Waals surface area contributed by atoms with Gasteiger partial charge < -0.3 is 9.32 Å². The molecule has 2 aromatic carbocycles.